The molecule has 41 heavy (non-hydrogen) atoms. The van der Waals surface area contributed by atoms with Crippen molar-refractivity contribution < 1.29 is 32.6 Å². The van der Waals surface area contributed by atoms with Crippen LogP contribution in [0.2, 0.25) is 0 Å². The third-order valence-electron chi connectivity index (χ3n) is 6.47. The first-order chi connectivity index (χ1) is 19.3. The van der Waals surface area contributed by atoms with Gasteiger partial charge >= 0.3 is 12.0 Å². The van der Waals surface area contributed by atoms with Crippen molar-refractivity contribution in [3.8, 4) is 5.75 Å². The van der Waals surface area contributed by atoms with Crippen molar-refractivity contribution in [3.05, 3.63) is 77.6 Å². The summed E-state index contributed by atoms with van der Waals surface area (Å²) in [6.45, 7) is 1.89. The van der Waals surface area contributed by atoms with Crippen molar-refractivity contribution in [2.75, 3.05) is 43.0 Å². The maximum absolute atomic E-state index is 13.0. The lowest BCUT2D eigenvalue weighted by Gasteiger charge is -2.25. The second-order valence-corrected chi connectivity index (χ2v) is 11.4. The van der Waals surface area contributed by atoms with Crippen molar-refractivity contribution in [1.82, 2.24) is 9.29 Å². The zero-order valence-electron chi connectivity index (χ0n) is 23.4. The summed E-state index contributed by atoms with van der Waals surface area (Å²) in [5, 5.41) is 14.8. The molecule has 1 aromatic heterocycles. The van der Waals surface area contributed by atoms with Gasteiger partial charge in [0.15, 0.2) is 0 Å². The second-order valence-electron chi connectivity index (χ2n) is 9.39. The highest BCUT2D eigenvalue weighted by Crippen LogP contribution is 2.28. The van der Waals surface area contributed by atoms with Gasteiger partial charge in [-0.3, -0.25) is 14.6 Å². The molecule has 0 aliphatic heterocycles. The molecule has 1 heterocycles. The van der Waals surface area contributed by atoms with E-state index in [4.69, 9.17) is 4.74 Å². The van der Waals surface area contributed by atoms with Crippen molar-refractivity contribution in [2.45, 2.75) is 25.8 Å². The SMILES string of the molecule is COc1cc(CC(=O)N(C)c2ccc(C(CC(=O)O)N(C)S(C)(=O)=O)nc2)ccc1NC(=O)Nc1ccccc1C. The molecular weight excluding hydrogens is 550 g/mol. The van der Waals surface area contributed by atoms with E-state index in [0.717, 1.165) is 16.1 Å². The average Bonchev–Trinajstić information content (AvgIpc) is 2.92. The maximum atomic E-state index is 13.0. The van der Waals surface area contributed by atoms with Crippen LogP contribution >= 0.6 is 0 Å². The van der Waals surface area contributed by atoms with Gasteiger partial charge in [0, 0.05) is 19.8 Å². The summed E-state index contributed by atoms with van der Waals surface area (Å²) in [5.41, 5.74) is 3.34. The highest BCUT2D eigenvalue weighted by atomic mass is 32.2. The summed E-state index contributed by atoms with van der Waals surface area (Å²) in [4.78, 5) is 42.5. The van der Waals surface area contributed by atoms with Crippen LogP contribution in [-0.4, -0.2) is 68.2 Å². The molecule has 2 aromatic carbocycles. The molecule has 3 N–H and O–H groups in total. The largest absolute Gasteiger partial charge is 0.495 e. The number of anilines is 3. The molecule has 1 atom stereocenters. The van der Waals surface area contributed by atoms with E-state index in [9.17, 15) is 27.9 Å². The summed E-state index contributed by atoms with van der Waals surface area (Å²) in [5.74, 6) is -1.06. The minimum absolute atomic E-state index is 0.0166. The molecule has 0 radical (unpaired) electrons. The fourth-order valence-electron chi connectivity index (χ4n) is 3.98. The summed E-state index contributed by atoms with van der Waals surface area (Å²) in [7, 11) is 0.649. The molecule has 0 saturated heterocycles. The van der Waals surface area contributed by atoms with E-state index in [1.165, 1.54) is 31.3 Å². The number of sulfonamides is 1. The number of hydrogen-bond acceptors (Lipinski definition) is 7. The van der Waals surface area contributed by atoms with Crippen LogP contribution in [0.3, 0.4) is 0 Å². The molecule has 0 spiro atoms. The number of ether oxygens (including phenoxy) is 1. The number of carboxylic acids is 1. The molecule has 3 amide bonds. The second kappa shape index (κ2) is 13.2. The van der Waals surface area contributed by atoms with Crippen LogP contribution in [0.15, 0.2) is 60.8 Å². The van der Waals surface area contributed by atoms with Crippen molar-refractivity contribution in [3.63, 3.8) is 0 Å². The molecule has 13 heteroatoms. The number of carbonyl (C=O) groups is 3. The zero-order valence-corrected chi connectivity index (χ0v) is 24.2. The predicted molar refractivity (Wildman–Crippen MR) is 156 cm³/mol. The summed E-state index contributed by atoms with van der Waals surface area (Å²) >= 11 is 0. The monoisotopic (exact) mass is 583 g/mol. The smallest absolute Gasteiger partial charge is 0.323 e. The van der Waals surface area contributed by atoms with E-state index < -0.39 is 34.5 Å². The number of para-hydroxylation sites is 1. The summed E-state index contributed by atoms with van der Waals surface area (Å²) < 4.78 is 30.4. The molecule has 0 saturated carbocycles. The number of aryl methyl sites for hydroxylation is 1. The minimum Gasteiger partial charge on any atom is -0.495 e. The van der Waals surface area contributed by atoms with Gasteiger partial charge in [-0.05, 0) is 48.4 Å². The number of nitrogens with one attached hydrogen (secondary N) is 2. The van der Waals surface area contributed by atoms with E-state index in [1.807, 2.05) is 25.1 Å². The first-order valence-electron chi connectivity index (χ1n) is 12.5. The first-order valence-corrected chi connectivity index (χ1v) is 14.3. The first kappa shape index (κ1) is 31.0. The molecule has 1 unspecified atom stereocenters. The van der Waals surface area contributed by atoms with Gasteiger partial charge in [-0.15, -0.1) is 0 Å². The van der Waals surface area contributed by atoms with E-state index in [0.29, 0.717) is 28.4 Å². The molecule has 0 fully saturated rings. The third-order valence-corrected chi connectivity index (χ3v) is 7.77. The molecule has 3 aromatic rings. The lowest BCUT2D eigenvalue weighted by atomic mass is 10.1. The fraction of sp³-hybridized carbons (Fsp3) is 0.286. The van der Waals surface area contributed by atoms with Gasteiger partial charge in [-0.25, -0.2) is 13.2 Å². The van der Waals surface area contributed by atoms with Crippen LogP contribution in [-0.2, 0) is 26.0 Å². The van der Waals surface area contributed by atoms with Crippen LogP contribution in [0.5, 0.6) is 5.75 Å². The number of aliphatic carboxylic acids is 1. The number of methoxy groups -OCH3 is 1. The number of nitrogens with zero attached hydrogens (tertiary/aromatic N) is 3. The molecule has 3 rings (SSSR count). The topological polar surface area (TPSA) is 158 Å². The Labute approximate surface area is 239 Å². The van der Waals surface area contributed by atoms with Crippen LogP contribution in [0.1, 0.15) is 29.3 Å². The number of amides is 3. The number of carboxylic acid groups (broad SMARTS) is 1. The van der Waals surface area contributed by atoms with Crippen LogP contribution in [0, 0.1) is 6.92 Å². The number of carbonyl (C=O) groups excluding carboxylic acids is 2. The van der Waals surface area contributed by atoms with Crippen LogP contribution in [0.25, 0.3) is 0 Å². The molecule has 0 bridgehead atoms. The van der Waals surface area contributed by atoms with E-state index in [2.05, 4.69) is 15.6 Å². The number of pyridine rings is 1. The van der Waals surface area contributed by atoms with Gasteiger partial charge in [-0.1, -0.05) is 24.3 Å². The molecule has 218 valence electrons. The van der Waals surface area contributed by atoms with Gasteiger partial charge in [-0.2, -0.15) is 4.31 Å². The zero-order chi connectivity index (χ0) is 30.3. The molecule has 12 nitrogen and oxygen atoms in total. The number of benzene rings is 2. The summed E-state index contributed by atoms with van der Waals surface area (Å²) in [6.07, 6.45) is 1.92. The Morgan fingerprint density at radius 3 is 2.29 bits per heavy atom. The van der Waals surface area contributed by atoms with E-state index in [1.54, 1.807) is 37.4 Å². The van der Waals surface area contributed by atoms with Gasteiger partial charge in [0.25, 0.3) is 0 Å². The summed E-state index contributed by atoms with van der Waals surface area (Å²) in [6, 6.07) is 14.0. The van der Waals surface area contributed by atoms with Gasteiger partial charge in [0.1, 0.15) is 5.75 Å². The normalized spacial score (nSPS) is 12.0. The lowest BCUT2D eigenvalue weighted by Crippen LogP contribution is -2.32. The number of aromatic nitrogens is 1. The van der Waals surface area contributed by atoms with Crippen LogP contribution in [0.4, 0.5) is 21.9 Å². The third kappa shape index (κ3) is 8.25. The van der Waals surface area contributed by atoms with Crippen LogP contribution < -0.4 is 20.3 Å². The van der Waals surface area contributed by atoms with E-state index >= 15 is 0 Å². The maximum Gasteiger partial charge on any atom is 0.323 e. The highest BCUT2D eigenvalue weighted by Gasteiger charge is 2.28. The number of hydrogen-bond donors (Lipinski definition) is 3. The Morgan fingerprint density at radius 2 is 1.71 bits per heavy atom. The highest BCUT2D eigenvalue weighted by molar-refractivity contribution is 7.88. The molecular formula is C28H33N5O7S. The Morgan fingerprint density at radius 1 is 1.02 bits per heavy atom. The fourth-order valence-corrected chi connectivity index (χ4v) is 4.63. The van der Waals surface area contributed by atoms with Gasteiger partial charge in [0.2, 0.25) is 15.9 Å². The Bertz CT molecular complexity index is 1530. The number of rotatable bonds is 11. The van der Waals surface area contributed by atoms with E-state index in [-0.39, 0.29) is 18.0 Å². The van der Waals surface area contributed by atoms with Gasteiger partial charge in [0.05, 0.1) is 55.5 Å². The average molecular weight is 584 g/mol. The number of likely N-dealkylation sites (N-methyl/N-ethyl adjacent to an activating group) is 1. The van der Waals surface area contributed by atoms with Crippen molar-refractivity contribution in [1.29, 1.82) is 0 Å². The molecule has 0 aliphatic rings. The Kier molecular flexibility index (Phi) is 10.0. The number of urea groups is 1. The molecule has 0 aliphatic carbocycles. The lowest BCUT2D eigenvalue weighted by molar-refractivity contribution is -0.138. The predicted octanol–water partition coefficient (Wildman–Crippen LogP) is 3.66. The van der Waals surface area contributed by atoms with Crippen molar-refractivity contribution in [2.24, 2.45) is 0 Å². The Hall–Kier alpha value is -4.49. The quantitative estimate of drug-likeness (QED) is 0.309. The van der Waals surface area contributed by atoms with Gasteiger partial charge < -0.3 is 25.4 Å². The Balaban J connectivity index is 1.69. The minimum atomic E-state index is -3.67. The standard InChI is InChI=1S/C28H33N5O7S/c1-18-8-6-7-9-21(18)30-28(37)31-23-12-10-19(14-25(23)40-4)15-26(34)32(2)20-11-13-22(29-17-20)24(16-27(35)36)33(3)41(5,38)39/h6-14,17,24H,15-16H2,1-5H3,(H,35,36)(H2,30,31,37). The van der Waals surface area contributed by atoms with Crippen molar-refractivity contribution >= 4 is 45.0 Å².